The maximum absolute atomic E-state index is 11.9. The number of carbonyl (C=O) groups is 1. The lowest BCUT2D eigenvalue weighted by Gasteiger charge is -2.09. The fourth-order valence-electron chi connectivity index (χ4n) is 2.05. The average molecular weight is 240 g/mol. The lowest BCUT2D eigenvalue weighted by Crippen LogP contribution is -2.07. The molecule has 0 N–H and O–H groups in total. The van der Waals surface area contributed by atoms with Crippen molar-refractivity contribution in [3.8, 4) is 0 Å². The molecule has 0 aliphatic carbocycles. The van der Waals surface area contributed by atoms with Gasteiger partial charge in [0.05, 0.1) is 12.2 Å². The van der Waals surface area contributed by atoms with E-state index in [1.54, 1.807) is 6.08 Å². The number of allylic oxidation sites excluding steroid dienone is 1. The van der Waals surface area contributed by atoms with Crippen LogP contribution >= 0.6 is 0 Å². The van der Waals surface area contributed by atoms with Crippen LogP contribution in [0.1, 0.15) is 19.4 Å². The normalized spacial score (nSPS) is 11.6. The van der Waals surface area contributed by atoms with Crippen LogP contribution in [-0.4, -0.2) is 12.6 Å². The number of ether oxygens (including phenoxy) is 1. The van der Waals surface area contributed by atoms with Gasteiger partial charge in [0.25, 0.3) is 0 Å². The van der Waals surface area contributed by atoms with Crippen molar-refractivity contribution in [2.75, 3.05) is 6.61 Å². The average Bonchev–Trinajstić information content (AvgIpc) is 2.40. The molecule has 0 radical (unpaired) electrons. The van der Waals surface area contributed by atoms with E-state index in [2.05, 4.69) is 0 Å². The maximum Gasteiger partial charge on any atom is 0.338 e. The summed E-state index contributed by atoms with van der Waals surface area (Å²) >= 11 is 0. The molecule has 0 saturated heterocycles. The monoisotopic (exact) mass is 240 g/mol. The molecule has 2 aromatic rings. The van der Waals surface area contributed by atoms with Gasteiger partial charge in [-0.3, -0.25) is 0 Å². The molecular weight excluding hydrogens is 224 g/mol. The Morgan fingerprint density at radius 3 is 2.61 bits per heavy atom. The first kappa shape index (κ1) is 12.4. The fraction of sp³-hybridized carbons (Fsp3) is 0.188. The molecule has 2 heteroatoms. The van der Waals surface area contributed by atoms with E-state index in [1.807, 2.05) is 56.3 Å². The van der Waals surface area contributed by atoms with Gasteiger partial charge in [-0.25, -0.2) is 4.79 Å². The summed E-state index contributed by atoms with van der Waals surface area (Å²) in [6, 6.07) is 14.0. The van der Waals surface area contributed by atoms with E-state index in [4.69, 9.17) is 4.74 Å². The van der Waals surface area contributed by atoms with Crippen molar-refractivity contribution in [3.05, 3.63) is 54.1 Å². The summed E-state index contributed by atoms with van der Waals surface area (Å²) < 4.78 is 5.09. The maximum atomic E-state index is 11.9. The molecule has 2 nitrogen and oxygen atoms in total. The zero-order valence-electron chi connectivity index (χ0n) is 10.6. The zero-order valence-corrected chi connectivity index (χ0v) is 10.6. The van der Waals surface area contributed by atoms with Crippen LogP contribution in [-0.2, 0) is 9.53 Å². The Balaban J connectivity index is 2.56. The van der Waals surface area contributed by atoms with Gasteiger partial charge < -0.3 is 4.74 Å². The van der Waals surface area contributed by atoms with Crippen LogP contribution < -0.4 is 0 Å². The second-order valence-corrected chi connectivity index (χ2v) is 3.95. The highest BCUT2D eigenvalue weighted by Crippen LogP contribution is 2.25. The highest BCUT2D eigenvalue weighted by Gasteiger charge is 2.14. The van der Waals surface area contributed by atoms with Crippen molar-refractivity contribution in [1.82, 2.24) is 0 Å². The fourth-order valence-corrected chi connectivity index (χ4v) is 2.05. The Labute approximate surface area is 107 Å². The van der Waals surface area contributed by atoms with Gasteiger partial charge in [0.2, 0.25) is 0 Å². The number of rotatable bonds is 3. The van der Waals surface area contributed by atoms with E-state index in [1.165, 1.54) is 0 Å². The summed E-state index contributed by atoms with van der Waals surface area (Å²) in [4.78, 5) is 11.9. The zero-order chi connectivity index (χ0) is 13.0. The third-order valence-electron chi connectivity index (χ3n) is 2.86. The molecule has 2 aromatic carbocycles. The largest absolute Gasteiger partial charge is 0.462 e. The van der Waals surface area contributed by atoms with E-state index < -0.39 is 0 Å². The second-order valence-electron chi connectivity index (χ2n) is 3.95. The molecule has 0 aromatic heterocycles. The summed E-state index contributed by atoms with van der Waals surface area (Å²) in [5.41, 5.74) is 1.54. The van der Waals surface area contributed by atoms with Gasteiger partial charge in [0.15, 0.2) is 0 Å². The Hall–Kier alpha value is -2.09. The topological polar surface area (TPSA) is 26.3 Å². The molecule has 0 spiro atoms. The van der Waals surface area contributed by atoms with E-state index in [0.29, 0.717) is 12.2 Å². The van der Waals surface area contributed by atoms with Crippen molar-refractivity contribution in [2.24, 2.45) is 0 Å². The first-order chi connectivity index (χ1) is 8.77. The lowest BCUT2D eigenvalue weighted by atomic mass is 9.98. The Kier molecular flexibility index (Phi) is 3.78. The molecule has 92 valence electrons. The van der Waals surface area contributed by atoms with E-state index in [9.17, 15) is 4.79 Å². The van der Waals surface area contributed by atoms with Crippen molar-refractivity contribution in [3.63, 3.8) is 0 Å². The minimum atomic E-state index is -0.267. The quantitative estimate of drug-likeness (QED) is 0.602. The molecule has 0 atom stereocenters. The first-order valence-electron chi connectivity index (χ1n) is 6.09. The number of hydrogen-bond acceptors (Lipinski definition) is 2. The summed E-state index contributed by atoms with van der Waals surface area (Å²) in [6.07, 6.45) is 1.81. The van der Waals surface area contributed by atoms with Crippen molar-refractivity contribution in [1.29, 1.82) is 0 Å². The molecule has 0 aliphatic rings. The van der Waals surface area contributed by atoms with Crippen molar-refractivity contribution < 1.29 is 9.53 Å². The first-order valence-corrected chi connectivity index (χ1v) is 6.09. The molecule has 18 heavy (non-hydrogen) atoms. The molecule has 0 saturated carbocycles. The third kappa shape index (κ3) is 2.28. The summed E-state index contributed by atoms with van der Waals surface area (Å²) in [7, 11) is 0. The van der Waals surface area contributed by atoms with Crippen LogP contribution in [0.15, 0.2) is 48.5 Å². The van der Waals surface area contributed by atoms with Gasteiger partial charge in [0, 0.05) is 0 Å². The minimum absolute atomic E-state index is 0.267. The van der Waals surface area contributed by atoms with Crippen LogP contribution in [0, 0.1) is 0 Å². The predicted octanol–water partition coefficient (Wildman–Crippen LogP) is 3.81. The number of benzene rings is 2. The van der Waals surface area contributed by atoms with Gasteiger partial charge >= 0.3 is 5.97 Å². The molecule has 0 unspecified atom stereocenters. The van der Waals surface area contributed by atoms with Gasteiger partial charge in [-0.1, -0.05) is 48.5 Å². The molecule has 2 rings (SSSR count). The number of carbonyl (C=O) groups excluding carboxylic acids is 1. The number of esters is 1. The molecule has 0 amide bonds. The van der Waals surface area contributed by atoms with Crippen LogP contribution in [0.4, 0.5) is 0 Å². The SMILES string of the molecule is C/C=C(/C(=O)OCC)c1cccc2ccccc12. The minimum Gasteiger partial charge on any atom is -0.462 e. The van der Waals surface area contributed by atoms with Crippen molar-refractivity contribution in [2.45, 2.75) is 13.8 Å². The van der Waals surface area contributed by atoms with E-state index >= 15 is 0 Å². The van der Waals surface area contributed by atoms with Crippen molar-refractivity contribution >= 4 is 22.3 Å². The highest BCUT2D eigenvalue weighted by molar-refractivity contribution is 6.20. The Bertz CT molecular complexity index is 592. The Morgan fingerprint density at radius 2 is 1.89 bits per heavy atom. The van der Waals surface area contributed by atoms with Crippen LogP contribution in [0.2, 0.25) is 0 Å². The predicted molar refractivity (Wildman–Crippen MR) is 74.2 cm³/mol. The Morgan fingerprint density at radius 1 is 1.17 bits per heavy atom. The van der Waals surface area contributed by atoms with Crippen LogP contribution in [0.25, 0.3) is 16.3 Å². The molecule has 0 aliphatic heterocycles. The standard InChI is InChI=1S/C16H16O2/c1-3-13(16(17)18-4-2)15-11-7-9-12-8-5-6-10-14(12)15/h3,5-11H,4H2,1-2H3/b13-3+. The van der Waals surface area contributed by atoms with Gasteiger partial charge in [-0.2, -0.15) is 0 Å². The van der Waals surface area contributed by atoms with Gasteiger partial charge in [0.1, 0.15) is 0 Å². The van der Waals surface area contributed by atoms with E-state index in [-0.39, 0.29) is 5.97 Å². The van der Waals surface area contributed by atoms with Crippen LogP contribution in [0.5, 0.6) is 0 Å². The van der Waals surface area contributed by atoms with Crippen LogP contribution in [0.3, 0.4) is 0 Å². The second kappa shape index (κ2) is 5.50. The summed E-state index contributed by atoms with van der Waals surface area (Å²) in [5.74, 6) is -0.267. The van der Waals surface area contributed by atoms with E-state index in [0.717, 1.165) is 16.3 Å². The van der Waals surface area contributed by atoms with Gasteiger partial charge in [-0.15, -0.1) is 0 Å². The van der Waals surface area contributed by atoms with Gasteiger partial charge in [-0.05, 0) is 30.2 Å². The number of hydrogen-bond donors (Lipinski definition) is 0. The number of fused-ring (bicyclic) bond motifs is 1. The molecule has 0 fully saturated rings. The third-order valence-corrected chi connectivity index (χ3v) is 2.86. The highest BCUT2D eigenvalue weighted by atomic mass is 16.5. The molecular formula is C16H16O2. The summed E-state index contributed by atoms with van der Waals surface area (Å²) in [5, 5.41) is 2.19. The summed E-state index contributed by atoms with van der Waals surface area (Å²) in [6.45, 7) is 4.06. The molecule has 0 heterocycles. The smallest absolute Gasteiger partial charge is 0.338 e. The lowest BCUT2D eigenvalue weighted by molar-refractivity contribution is -0.136. The molecule has 0 bridgehead atoms.